The number of carbonyl (C=O) groups excluding carboxylic acids is 2. The quantitative estimate of drug-likeness (QED) is 0.737. The summed E-state index contributed by atoms with van der Waals surface area (Å²) in [6.45, 7) is 0.526. The lowest BCUT2D eigenvalue weighted by Crippen LogP contribution is -2.39. The van der Waals surface area contributed by atoms with E-state index in [1.807, 2.05) is 65.6 Å². The van der Waals surface area contributed by atoms with Gasteiger partial charge in [-0.05, 0) is 42.8 Å². The fraction of sp³-hybridized carbons (Fsp3) is 0.348. The Hall–Kier alpha value is -2.73. The zero-order valence-corrected chi connectivity index (χ0v) is 17.1. The lowest BCUT2D eigenvalue weighted by atomic mass is 10.1. The number of thiocarbonyl (C=S) groups is 1. The van der Waals surface area contributed by atoms with E-state index in [-0.39, 0.29) is 24.3 Å². The van der Waals surface area contributed by atoms with Gasteiger partial charge in [-0.3, -0.25) is 14.5 Å². The minimum absolute atomic E-state index is 0.0407. The molecule has 0 radical (unpaired) electrons. The van der Waals surface area contributed by atoms with Gasteiger partial charge in [0.15, 0.2) is 5.11 Å². The number of benzene rings is 2. The molecule has 0 spiro atoms. The third-order valence-electron chi connectivity index (χ3n) is 5.67. The Morgan fingerprint density at radius 3 is 2.28 bits per heavy atom. The molecule has 1 aliphatic carbocycles. The van der Waals surface area contributed by atoms with Crippen LogP contribution in [0.3, 0.4) is 0 Å². The molecule has 1 N–H and O–H groups in total. The summed E-state index contributed by atoms with van der Waals surface area (Å²) in [4.78, 5) is 29.7. The van der Waals surface area contributed by atoms with Crippen LogP contribution in [0.2, 0.25) is 0 Å². The Labute approximate surface area is 176 Å². The number of para-hydroxylation sites is 1. The molecule has 29 heavy (non-hydrogen) atoms. The number of hydrogen-bond acceptors (Lipinski definition) is 3. The predicted octanol–water partition coefficient (Wildman–Crippen LogP) is 3.96. The Bertz CT molecular complexity index is 882. The molecular weight excluding hydrogens is 382 g/mol. The van der Waals surface area contributed by atoms with Crippen molar-refractivity contribution in [1.29, 1.82) is 0 Å². The van der Waals surface area contributed by atoms with E-state index < -0.39 is 6.04 Å². The molecule has 1 atom stereocenters. The van der Waals surface area contributed by atoms with Crippen LogP contribution in [-0.4, -0.2) is 38.8 Å². The number of nitrogens with zero attached hydrogens (tertiary/aromatic N) is 2. The Kier molecular flexibility index (Phi) is 5.90. The van der Waals surface area contributed by atoms with Crippen LogP contribution in [0.15, 0.2) is 60.7 Å². The molecule has 2 aromatic carbocycles. The van der Waals surface area contributed by atoms with Gasteiger partial charge in [-0.1, -0.05) is 61.4 Å². The van der Waals surface area contributed by atoms with Crippen molar-refractivity contribution in [2.45, 2.75) is 50.7 Å². The summed E-state index contributed by atoms with van der Waals surface area (Å²) in [6.07, 6.45) is 4.29. The first-order valence-corrected chi connectivity index (χ1v) is 10.6. The summed E-state index contributed by atoms with van der Waals surface area (Å²) in [7, 11) is 0. The van der Waals surface area contributed by atoms with Crippen molar-refractivity contribution in [3.05, 3.63) is 66.2 Å². The third kappa shape index (κ3) is 4.32. The van der Waals surface area contributed by atoms with Crippen molar-refractivity contribution in [2.24, 2.45) is 0 Å². The molecule has 1 unspecified atom stereocenters. The Morgan fingerprint density at radius 1 is 1.00 bits per heavy atom. The summed E-state index contributed by atoms with van der Waals surface area (Å²) in [5, 5.41) is 3.45. The molecule has 2 aliphatic rings. The van der Waals surface area contributed by atoms with Crippen LogP contribution in [-0.2, 0) is 16.1 Å². The monoisotopic (exact) mass is 407 g/mol. The average Bonchev–Trinajstić information content (AvgIpc) is 3.32. The summed E-state index contributed by atoms with van der Waals surface area (Å²) < 4.78 is 0. The van der Waals surface area contributed by atoms with E-state index in [2.05, 4.69) is 5.32 Å². The van der Waals surface area contributed by atoms with Crippen LogP contribution in [0.25, 0.3) is 0 Å². The first-order valence-electron chi connectivity index (χ1n) is 10.2. The minimum Gasteiger partial charge on any atom is -0.332 e. The van der Waals surface area contributed by atoms with Gasteiger partial charge in [-0.2, -0.15) is 0 Å². The molecule has 6 heteroatoms. The van der Waals surface area contributed by atoms with Crippen molar-refractivity contribution in [3.8, 4) is 0 Å². The highest BCUT2D eigenvalue weighted by molar-refractivity contribution is 7.80. The fourth-order valence-electron chi connectivity index (χ4n) is 4.22. The number of anilines is 1. The lowest BCUT2D eigenvalue weighted by Gasteiger charge is -2.26. The third-order valence-corrected chi connectivity index (χ3v) is 6.10. The highest BCUT2D eigenvalue weighted by atomic mass is 32.1. The summed E-state index contributed by atoms with van der Waals surface area (Å²) in [5.41, 5.74) is 1.80. The molecule has 2 aromatic rings. The van der Waals surface area contributed by atoms with Crippen LogP contribution >= 0.6 is 12.2 Å². The standard InChI is InChI=1S/C23H25N3O2S/c27-21(24-18-11-5-2-6-12-18)15-20-22(28)26(19-13-7-8-14-19)23(29)25(20)16-17-9-3-1-4-10-17/h1-6,9-12,19-20H,7-8,13-16H2,(H,24,27). The number of nitrogens with one attached hydrogen (secondary N) is 1. The van der Waals surface area contributed by atoms with E-state index in [1.54, 1.807) is 4.90 Å². The van der Waals surface area contributed by atoms with E-state index in [0.717, 1.165) is 36.9 Å². The smallest absolute Gasteiger partial charge is 0.252 e. The molecule has 2 amide bonds. The maximum atomic E-state index is 13.3. The van der Waals surface area contributed by atoms with E-state index in [9.17, 15) is 9.59 Å². The number of hydrogen-bond donors (Lipinski definition) is 1. The van der Waals surface area contributed by atoms with Crippen LogP contribution in [0.5, 0.6) is 0 Å². The first-order chi connectivity index (χ1) is 14.1. The number of carbonyl (C=O) groups is 2. The minimum atomic E-state index is -0.563. The average molecular weight is 408 g/mol. The van der Waals surface area contributed by atoms with Crippen LogP contribution in [0.4, 0.5) is 5.69 Å². The maximum absolute atomic E-state index is 13.3. The number of rotatable bonds is 6. The SMILES string of the molecule is O=C(CC1C(=O)N(C2CCCC2)C(=S)N1Cc1ccccc1)Nc1ccccc1. The second-order valence-electron chi connectivity index (χ2n) is 7.68. The zero-order valence-electron chi connectivity index (χ0n) is 16.3. The van der Waals surface area contributed by atoms with Crippen molar-refractivity contribution in [2.75, 3.05) is 5.32 Å². The summed E-state index contributed by atoms with van der Waals surface area (Å²) in [5.74, 6) is -0.218. The van der Waals surface area contributed by atoms with Crippen LogP contribution < -0.4 is 5.32 Å². The first kappa shape index (κ1) is 19.6. The molecule has 4 rings (SSSR count). The van der Waals surface area contributed by atoms with Crippen molar-refractivity contribution >= 4 is 34.8 Å². The molecular formula is C23H25N3O2S. The highest BCUT2D eigenvalue weighted by Crippen LogP contribution is 2.32. The topological polar surface area (TPSA) is 52.7 Å². The summed E-state index contributed by atoms with van der Waals surface area (Å²) >= 11 is 5.73. The molecule has 2 fully saturated rings. The van der Waals surface area contributed by atoms with Crippen molar-refractivity contribution in [1.82, 2.24) is 9.80 Å². The van der Waals surface area contributed by atoms with Crippen molar-refractivity contribution < 1.29 is 9.59 Å². The van der Waals surface area contributed by atoms with E-state index in [0.29, 0.717) is 11.7 Å². The van der Waals surface area contributed by atoms with Gasteiger partial charge in [0.05, 0.1) is 6.42 Å². The number of amides is 2. The second-order valence-corrected chi connectivity index (χ2v) is 8.04. The molecule has 1 heterocycles. The normalized spacial score (nSPS) is 19.8. The fourth-order valence-corrected chi connectivity index (χ4v) is 4.65. The molecule has 1 aliphatic heterocycles. The molecule has 1 saturated carbocycles. The second kappa shape index (κ2) is 8.74. The van der Waals surface area contributed by atoms with Gasteiger partial charge in [0.1, 0.15) is 6.04 Å². The van der Waals surface area contributed by atoms with Crippen LogP contribution in [0, 0.1) is 0 Å². The zero-order chi connectivity index (χ0) is 20.2. The Balaban J connectivity index is 1.54. The molecule has 0 aromatic heterocycles. The van der Waals surface area contributed by atoms with Crippen LogP contribution in [0.1, 0.15) is 37.7 Å². The molecule has 150 valence electrons. The van der Waals surface area contributed by atoms with Gasteiger partial charge in [-0.25, -0.2) is 0 Å². The molecule has 0 bridgehead atoms. The highest BCUT2D eigenvalue weighted by Gasteiger charge is 2.46. The molecule has 5 nitrogen and oxygen atoms in total. The van der Waals surface area contributed by atoms with Crippen molar-refractivity contribution in [3.63, 3.8) is 0 Å². The largest absolute Gasteiger partial charge is 0.332 e. The van der Waals surface area contributed by atoms with Gasteiger partial charge >= 0.3 is 0 Å². The van der Waals surface area contributed by atoms with E-state index in [1.165, 1.54) is 0 Å². The van der Waals surface area contributed by atoms with Gasteiger partial charge in [0.2, 0.25) is 5.91 Å². The van der Waals surface area contributed by atoms with E-state index >= 15 is 0 Å². The van der Waals surface area contributed by atoms with Gasteiger partial charge in [0.25, 0.3) is 5.91 Å². The van der Waals surface area contributed by atoms with Gasteiger partial charge in [-0.15, -0.1) is 0 Å². The van der Waals surface area contributed by atoms with Gasteiger partial charge < -0.3 is 10.2 Å². The predicted molar refractivity (Wildman–Crippen MR) is 117 cm³/mol. The van der Waals surface area contributed by atoms with Gasteiger partial charge in [0, 0.05) is 18.3 Å². The summed E-state index contributed by atoms with van der Waals surface area (Å²) in [6, 6.07) is 18.9. The maximum Gasteiger partial charge on any atom is 0.252 e. The lowest BCUT2D eigenvalue weighted by molar-refractivity contribution is -0.131. The van der Waals surface area contributed by atoms with E-state index in [4.69, 9.17) is 12.2 Å². The Morgan fingerprint density at radius 2 is 1.62 bits per heavy atom. The molecule has 1 saturated heterocycles.